The average Bonchev–Trinajstić information content (AvgIpc) is 3.25. The van der Waals surface area contributed by atoms with Crippen LogP contribution in [0, 0.1) is 5.92 Å². The fourth-order valence-electron chi connectivity index (χ4n) is 6.81. The number of hydrogen-bond acceptors (Lipinski definition) is 0. The van der Waals surface area contributed by atoms with E-state index in [4.69, 9.17) is 0 Å². The standard InChI is InChI=1S/C26H42P2/c1-21(25-19-12-20-26(25)27(2)22-13-6-3-7-14-22)28(23-15-8-4-9-16-23)24-17-10-5-11-18-24/h3,6-7,13-14,21,23-26H,4-5,8-12,15-20H2,1-2H3/t21-,25?,26?,27?/m0/s1. The zero-order chi connectivity index (χ0) is 19.3. The summed E-state index contributed by atoms with van der Waals surface area (Å²) in [6.07, 6.45) is 20.0. The first-order valence-electron chi connectivity index (χ1n) is 12.3. The van der Waals surface area contributed by atoms with E-state index in [1.165, 1.54) is 57.8 Å². The van der Waals surface area contributed by atoms with E-state index in [2.05, 4.69) is 43.9 Å². The maximum atomic E-state index is 2.74. The van der Waals surface area contributed by atoms with Crippen LogP contribution in [0.3, 0.4) is 0 Å². The monoisotopic (exact) mass is 416 g/mol. The van der Waals surface area contributed by atoms with Crippen molar-refractivity contribution in [3.63, 3.8) is 0 Å². The Kier molecular flexibility index (Phi) is 7.92. The maximum absolute atomic E-state index is 2.74. The van der Waals surface area contributed by atoms with Crippen molar-refractivity contribution in [1.82, 2.24) is 0 Å². The van der Waals surface area contributed by atoms with Crippen molar-refractivity contribution in [3.05, 3.63) is 30.3 Å². The zero-order valence-corrected chi connectivity index (χ0v) is 20.1. The van der Waals surface area contributed by atoms with Gasteiger partial charge in [0.2, 0.25) is 0 Å². The third-order valence-corrected chi connectivity index (χ3v) is 15.1. The first-order chi connectivity index (χ1) is 13.8. The molecule has 156 valence electrons. The quantitative estimate of drug-likeness (QED) is 0.411. The summed E-state index contributed by atoms with van der Waals surface area (Å²) in [6, 6.07) is 11.5. The predicted molar refractivity (Wildman–Crippen MR) is 130 cm³/mol. The van der Waals surface area contributed by atoms with Gasteiger partial charge in [0.25, 0.3) is 0 Å². The molecule has 0 N–H and O–H groups in total. The van der Waals surface area contributed by atoms with E-state index < -0.39 is 0 Å². The molecule has 0 heterocycles. The van der Waals surface area contributed by atoms with Gasteiger partial charge in [-0.05, 0) is 79.0 Å². The Morgan fingerprint density at radius 2 is 1.29 bits per heavy atom. The molecular weight excluding hydrogens is 374 g/mol. The van der Waals surface area contributed by atoms with Crippen LogP contribution in [0.25, 0.3) is 0 Å². The second-order valence-corrected chi connectivity index (χ2v) is 15.5. The van der Waals surface area contributed by atoms with Gasteiger partial charge in [-0.1, -0.05) is 98.0 Å². The van der Waals surface area contributed by atoms with E-state index in [0.717, 1.165) is 28.6 Å². The molecule has 0 nitrogen and oxygen atoms in total. The summed E-state index contributed by atoms with van der Waals surface area (Å²) < 4.78 is 0. The van der Waals surface area contributed by atoms with E-state index in [-0.39, 0.29) is 15.8 Å². The molecule has 3 aliphatic carbocycles. The SMILES string of the molecule is C[C@@H](C1CCCC1P(C)c1ccccc1)P(C1CCCCC1)C1CCCCC1. The fourth-order valence-corrected chi connectivity index (χ4v) is 14.2. The number of hydrogen-bond donors (Lipinski definition) is 0. The minimum absolute atomic E-state index is 0.00217. The maximum Gasteiger partial charge on any atom is -0.0137 e. The largest absolute Gasteiger partial charge is 0.0971 e. The van der Waals surface area contributed by atoms with Crippen LogP contribution in [0.4, 0.5) is 0 Å². The second kappa shape index (κ2) is 10.4. The fraction of sp³-hybridized carbons (Fsp3) is 0.769. The van der Waals surface area contributed by atoms with Crippen molar-refractivity contribution in [1.29, 1.82) is 0 Å². The Morgan fingerprint density at radius 3 is 1.86 bits per heavy atom. The van der Waals surface area contributed by atoms with Gasteiger partial charge in [0, 0.05) is 0 Å². The molecule has 0 spiro atoms. The van der Waals surface area contributed by atoms with Crippen LogP contribution in [-0.2, 0) is 0 Å². The second-order valence-electron chi connectivity index (χ2n) is 9.88. The third kappa shape index (κ3) is 4.86. The van der Waals surface area contributed by atoms with Gasteiger partial charge in [-0.15, -0.1) is 0 Å². The molecule has 4 rings (SSSR count). The van der Waals surface area contributed by atoms with Crippen molar-refractivity contribution < 1.29 is 0 Å². The Labute approximate surface area is 177 Å². The van der Waals surface area contributed by atoms with E-state index >= 15 is 0 Å². The van der Waals surface area contributed by atoms with Gasteiger partial charge in [-0.2, -0.15) is 0 Å². The third-order valence-electron chi connectivity index (χ3n) is 8.28. The first kappa shape index (κ1) is 21.3. The molecule has 1 aromatic carbocycles. The Hall–Kier alpha value is 0.0800. The molecule has 0 aromatic heterocycles. The molecule has 0 saturated heterocycles. The van der Waals surface area contributed by atoms with Gasteiger partial charge < -0.3 is 0 Å². The lowest BCUT2D eigenvalue weighted by Gasteiger charge is -2.45. The van der Waals surface area contributed by atoms with Gasteiger partial charge in [-0.25, -0.2) is 0 Å². The molecule has 0 aliphatic heterocycles. The number of benzene rings is 1. The molecule has 0 radical (unpaired) electrons. The summed E-state index contributed by atoms with van der Waals surface area (Å²) in [5.41, 5.74) is 4.23. The van der Waals surface area contributed by atoms with Crippen LogP contribution in [0.5, 0.6) is 0 Å². The highest BCUT2D eigenvalue weighted by molar-refractivity contribution is 7.65. The van der Waals surface area contributed by atoms with Gasteiger partial charge in [0.1, 0.15) is 0 Å². The summed E-state index contributed by atoms with van der Waals surface area (Å²) in [7, 11) is 0.223. The molecule has 3 unspecified atom stereocenters. The molecule has 3 saturated carbocycles. The Morgan fingerprint density at radius 1 is 0.714 bits per heavy atom. The van der Waals surface area contributed by atoms with Crippen LogP contribution >= 0.6 is 15.8 Å². The van der Waals surface area contributed by atoms with Crippen molar-refractivity contribution in [2.45, 2.75) is 113 Å². The summed E-state index contributed by atoms with van der Waals surface area (Å²) in [5, 5.41) is 1.65. The molecule has 2 heteroatoms. The Bertz CT molecular complexity index is 555. The van der Waals surface area contributed by atoms with Crippen molar-refractivity contribution in [3.8, 4) is 0 Å². The predicted octanol–water partition coefficient (Wildman–Crippen LogP) is 8.13. The van der Waals surface area contributed by atoms with Crippen LogP contribution < -0.4 is 5.30 Å². The van der Waals surface area contributed by atoms with Gasteiger partial charge in [0.15, 0.2) is 0 Å². The van der Waals surface area contributed by atoms with Crippen molar-refractivity contribution >= 4 is 21.1 Å². The van der Waals surface area contributed by atoms with Gasteiger partial charge in [0.05, 0.1) is 0 Å². The highest BCUT2D eigenvalue weighted by Crippen LogP contribution is 2.64. The van der Waals surface area contributed by atoms with Gasteiger partial charge in [-0.3, -0.25) is 0 Å². The molecule has 3 fully saturated rings. The molecule has 1 aromatic rings. The first-order valence-corrected chi connectivity index (χ1v) is 15.7. The van der Waals surface area contributed by atoms with E-state index in [1.807, 2.05) is 0 Å². The molecular formula is C26H42P2. The smallest absolute Gasteiger partial charge is 0.0137 e. The molecule has 0 amide bonds. The molecule has 0 bridgehead atoms. The highest BCUT2D eigenvalue weighted by Gasteiger charge is 2.42. The van der Waals surface area contributed by atoms with E-state index in [0.29, 0.717) is 0 Å². The summed E-state index contributed by atoms with van der Waals surface area (Å²) in [4.78, 5) is 0. The van der Waals surface area contributed by atoms with Crippen LogP contribution in [0.15, 0.2) is 30.3 Å². The van der Waals surface area contributed by atoms with Crippen molar-refractivity contribution in [2.75, 3.05) is 6.66 Å². The lowest BCUT2D eigenvalue weighted by Crippen LogP contribution is -2.32. The number of rotatable bonds is 6. The van der Waals surface area contributed by atoms with Crippen molar-refractivity contribution in [2.24, 2.45) is 5.92 Å². The highest BCUT2D eigenvalue weighted by atomic mass is 31.1. The normalized spacial score (nSPS) is 29.8. The summed E-state index contributed by atoms with van der Waals surface area (Å²) >= 11 is 0. The molecule has 28 heavy (non-hydrogen) atoms. The lowest BCUT2D eigenvalue weighted by molar-refractivity contribution is 0.466. The molecule has 4 atom stereocenters. The average molecular weight is 417 g/mol. The summed E-state index contributed by atoms with van der Waals surface area (Å²) in [5.74, 6) is 1.02. The van der Waals surface area contributed by atoms with E-state index in [1.54, 1.807) is 31.0 Å². The van der Waals surface area contributed by atoms with Crippen LogP contribution in [-0.4, -0.2) is 29.3 Å². The zero-order valence-electron chi connectivity index (χ0n) is 18.4. The minimum Gasteiger partial charge on any atom is -0.0971 e. The topological polar surface area (TPSA) is 0 Å². The van der Waals surface area contributed by atoms with Gasteiger partial charge >= 0.3 is 0 Å². The van der Waals surface area contributed by atoms with Crippen LogP contribution in [0.2, 0.25) is 0 Å². The lowest BCUT2D eigenvalue weighted by atomic mass is 9.99. The van der Waals surface area contributed by atoms with Crippen LogP contribution in [0.1, 0.15) is 90.4 Å². The molecule has 3 aliphatic rings. The minimum atomic E-state index is 0.00217. The van der Waals surface area contributed by atoms with E-state index in [9.17, 15) is 0 Å². The summed E-state index contributed by atoms with van der Waals surface area (Å²) in [6.45, 7) is 5.34. The Balaban J connectivity index is 1.53.